The molecule has 1 heterocycles. The van der Waals surface area contributed by atoms with Gasteiger partial charge in [-0.2, -0.15) is 0 Å². The summed E-state index contributed by atoms with van der Waals surface area (Å²) in [7, 11) is 0.0312. The SMILES string of the molecule is O=c1cc(C(F)F)c(S(=O)(=O)Cl)c([N+](=O)[O-])[nH]1. The molecule has 0 aromatic carbocycles. The maximum atomic E-state index is 12.5. The van der Waals surface area contributed by atoms with Gasteiger partial charge in [0, 0.05) is 16.7 Å². The Hall–Kier alpha value is -1.55. The summed E-state index contributed by atoms with van der Waals surface area (Å²) in [4.78, 5) is 20.1. The van der Waals surface area contributed by atoms with Crippen molar-refractivity contribution in [3.63, 3.8) is 0 Å². The van der Waals surface area contributed by atoms with Gasteiger partial charge in [-0.1, -0.05) is 0 Å². The normalized spacial score (nSPS) is 11.8. The van der Waals surface area contributed by atoms with E-state index in [0.717, 1.165) is 0 Å². The minimum absolute atomic E-state index is 0.243. The minimum atomic E-state index is -4.79. The maximum absolute atomic E-state index is 12.5. The Kier molecular flexibility index (Phi) is 3.48. The summed E-state index contributed by atoms with van der Waals surface area (Å²) in [5.74, 6) is -1.39. The molecule has 7 nitrogen and oxygen atoms in total. The number of pyridine rings is 1. The van der Waals surface area contributed by atoms with E-state index in [1.165, 1.54) is 4.98 Å². The highest BCUT2D eigenvalue weighted by Gasteiger charge is 2.32. The van der Waals surface area contributed by atoms with Crippen molar-refractivity contribution in [1.82, 2.24) is 4.98 Å². The third-order valence-corrected chi connectivity index (χ3v) is 3.05. The highest BCUT2D eigenvalue weighted by Crippen LogP contribution is 2.32. The number of aromatic amines is 1. The van der Waals surface area contributed by atoms with Gasteiger partial charge in [-0.25, -0.2) is 27.0 Å². The van der Waals surface area contributed by atoms with E-state index < -0.39 is 42.2 Å². The summed E-state index contributed by atoms with van der Waals surface area (Å²) in [6.07, 6.45) is -3.39. The van der Waals surface area contributed by atoms with Crippen LogP contribution in [-0.4, -0.2) is 18.3 Å². The van der Waals surface area contributed by atoms with E-state index in [-0.39, 0.29) is 6.07 Å². The van der Waals surface area contributed by atoms with Crippen molar-refractivity contribution in [3.05, 3.63) is 32.1 Å². The Bertz CT molecular complexity index is 626. The topological polar surface area (TPSA) is 110 Å². The van der Waals surface area contributed by atoms with Crippen LogP contribution in [0.1, 0.15) is 12.0 Å². The molecule has 0 saturated heterocycles. The second-order valence-corrected chi connectivity index (χ2v) is 5.27. The fourth-order valence-corrected chi connectivity index (χ4v) is 2.37. The number of rotatable bonds is 3. The van der Waals surface area contributed by atoms with E-state index in [1.54, 1.807) is 0 Å². The zero-order chi connectivity index (χ0) is 13.4. The van der Waals surface area contributed by atoms with Gasteiger partial charge in [0.05, 0.1) is 5.56 Å². The number of H-pyrrole nitrogens is 1. The van der Waals surface area contributed by atoms with Gasteiger partial charge in [-0.3, -0.25) is 0 Å². The first kappa shape index (κ1) is 13.5. The Balaban J connectivity index is 3.85. The third-order valence-electron chi connectivity index (χ3n) is 1.67. The van der Waals surface area contributed by atoms with Gasteiger partial charge in [0.25, 0.3) is 15.5 Å². The molecule has 0 amide bonds. The molecule has 0 unspecified atom stereocenters. The molecule has 1 rings (SSSR count). The Morgan fingerprint density at radius 3 is 2.35 bits per heavy atom. The molecular formula is C6H3ClF2N2O5S. The van der Waals surface area contributed by atoms with Crippen LogP contribution in [-0.2, 0) is 9.05 Å². The molecule has 1 N–H and O–H groups in total. The van der Waals surface area contributed by atoms with Crippen LogP contribution in [0.25, 0.3) is 0 Å². The summed E-state index contributed by atoms with van der Waals surface area (Å²) in [6, 6.07) is 0.243. The number of nitrogens with one attached hydrogen (secondary N) is 1. The molecule has 17 heavy (non-hydrogen) atoms. The molecule has 0 aliphatic rings. The van der Waals surface area contributed by atoms with Gasteiger partial charge in [0.15, 0.2) is 4.90 Å². The Morgan fingerprint density at radius 2 is 2.00 bits per heavy atom. The van der Waals surface area contributed by atoms with Crippen molar-refractivity contribution >= 4 is 25.6 Å². The smallest absolute Gasteiger partial charge is 0.344 e. The van der Waals surface area contributed by atoms with Gasteiger partial charge in [-0.15, -0.1) is 0 Å². The van der Waals surface area contributed by atoms with E-state index >= 15 is 0 Å². The molecule has 0 spiro atoms. The van der Waals surface area contributed by atoms with Crippen LogP contribution in [0, 0.1) is 10.1 Å². The number of halogens is 3. The molecule has 0 aliphatic carbocycles. The van der Waals surface area contributed by atoms with Crippen molar-refractivity contribution in [3.8, 4) is 0 Å². The van der Waals surface area contributed by atoms with Crippen LogP contribution in [0.5, 0.6) is 0 Å². The largest absolute Gasteiger partial charge is 0.358 e. The van der Waals surface area contributed by atoms with E-state index in [0.29, 0.717) is 0 Å². The lowest BCUT2D eigenvalue weighted by atomic mass is 10.2. The van der Waals surface area contributed by atoms with Crippen LogP contribution >= 0.6 is 10.7 Å². The molecule has 11 heteroatoms. The molecule has 0 radical (unpaired) electrons. The monoisotopic (exact) mass is 288 g/mol. The highest BCUT2D eigenvalue weighted by atomic mass is 35.7. The van der Waals surface area contributed by atoms with Crippen LogP contribution < -0.4 is 5.56 Å². The van der Waals surface area contributed by atoms with Gasteiger partial charge in [0.2, 0.25) is 0 Å². The molecule has 1 aromatic heterocycles. The van der Waals surface area contributed by atoms with Crippen molar-refractivity contribution in [2.24, 2.45) is 0 Å². The number of aromatic nitrogens is 1. The van der Waals surface area contributed by atoms with E-state index in [1.807, 2.05) is 0 Å². The molecule has 0 fully saturated rings. The van der Waals surface area contributed by atoms with Crippen molar-refractivity contribution < 1.29 is 22.1 Å². The molecular weight excluding hydrogens is 286 g/mol. The minimum Gasteiger partial charge on any atom is -0.358 e. The van der Waals surface area contributed by atoms with Crippen LogP contribution in [0.3, 0.4) is 0 Å². The predicted octanol–water partition coefficient (Wildman–Crippen LogP) is 1.15. The van der Waals surface area contributed by atoms with Crippen molar-refractivity contribution in [1.29, 1.82) is 0 Å². The molecule has 1 aromatic rings. The second-order valence-electron chi connectivity index (χ2n) is 2.76. The number of nitrogens with zero attached hydrogens (tertiary/aromatic N) is 1. The molecule has 0 atom stereocenters. The van der Waals surface area contributed by atoms with Gasteiger partial charge in [-0.05, 0) is 4.92 Å². The lowest BCUT2D eigenvalue weighted by molar-refractivity contribution is -0.392. The third kappa shape index (κ3) is 2.77. The van der Waals surface area contributed by atoms with Crippen molar-refractivity contribution in [2.75, 3.05) is 0 Å². The lowest BCUT2D eigenvalue weighted by Crippen LogP contribution is -2.15. The molecule has 94 valence electrons. The van der Waals surface area contributed by atoms with E-state index in [2.05, 4.69) is 0 Å². The quantitative estimate of drug-likeness (QED) is 0.509. The first-order chi connectivity index (χ1) is 7.64. The van der Waals surface area contributed by atoms with Crippen LogP contribution in [0.4, 0.5) is 14.6 Å². The summed E-state index contributed by atoms with van der Waals surface area (Å²) in [5, 5.41) is 10.5. The fourth-order valence-electron chi connectivity index (χ4n) is 1.10. The standard InChI is InChI=1S/C6H3ClF2N2O5S/c7-17(15,16)4-2(5(8)9)1-3(12)10-6(4)11(13)14/h1,5H,(H,10,12). The van der Waals surface area contributed by atoms with Gasteiger partial charge in [0.1, 0.15) is 0 Å². The molecule has 0 aliphatic heterocycles. The predicted molar refractivity (Wildman–Crippen MR) is 51.7 cm³/mol. The van der Waals surface area contributed by atoms with Crippen LogP contribution in [0.15, 0.2) is 15.8 Å². The Morgan fingerprint density at radius 1 is 1.47 bits per heavy atom. The Labute approximate surface area is 96.6 Å². The first-order valence-corrected chi connectivity index (χ1v) is 6.10. The van der Waals surface area contributed by atoms with Gasteiger partial charge >= 0.3 is 11.4 Å². The summed E-state index contributed by atoms with van der Waals surface area (Å²) < 4.78 is 47.0. The fraction of sp³-hybridized carbons (Fsp3) is 0.167. The average molecular weight is 289 g/mol. The zero-order valence-corrected chi connectivity index (χ0v) is 9.26. The number of nitro groups is 1. The highest BCUT2D eigenvalue weighted by molar-refractivity contribution is 8.13. The van der Waals surface area contributed by atoms with Crippen LogP contribution in [0.2, 0.25) is 0 Å². The summed E-state index contributed by atoms with van der Waals surface area (Å²) in [5.41, 5.74) is -2.54. The van der Waals surface area contributed by atoms with Gasteiger partial charge < -0.3 is 10.1 Å². The molecule has 0 saturated carbocycles. The second kappa shape index (κ2) is 4.37. The number of alkyl halides is 2. The summed E-state index contributed by atoms with van der Waals surface area (Å²) >= 11 is 0. The molecule has 0 bridgehead atoms. The number of hydrogen-bond acceptors (Lipinski definition) is 5. The maximum Gasteiger partial charge on any atom is 0.344 e. The lowest BCUT2D eigenvalue weighted by Gasteiger charge is -2.05. The van der Waals surface area contributed by atoms with Crippen molar-refractivity contribution in [2.45, 2.75) is 11.3 Å². The average Bonchev–Trinajstić information content (AvgIpc) is 2.14. The summed E-state index contributed by atoms with van der Waals surface area (Å²) in [6.45, 7) is 0. The first-order valence-electron chi connectivity index (χ1n) is 3.79. The number of hydrogen-bond donors (Lipinski definition) is 1. The zero-order valence-electron chi connectivity index (χ0n) is 7.69. The van der Waals surface area contributed by atoms with E-state index in [4.69, 9.17) is 10.7 Å². The van der Waals surface area contributed by atoms with E-state index in [9.17, 15) is 32.1 Å².